The monoisotopic (exact) mass is 129 g/mol. The number of ether oxygens (including phenoxy) is 1. The fourth-order valence-electron chi connectivity index (χ4n) is 1.01. The minimum absolute atomic E-state index is 0.468. The van der Waals surface area contributed by atoms with E-state index in [9.17, 15) is 0 Å². The van der Waals surface area contributed by atoms with Gasteiger partial charge in [-0.2, -0.15) is 0 Å². The predicted molar refractivity (Wildman–Crippen MR) is 37.5 cm³/mol. The summed E-state index contributed by atoms with van der Waals surface area (Å²) in [5.74, 6) is 0. The molecule has 2 heteroatoms. The molecular formula is C7H15NO. The van der Waals surface area contributed by atoms with Gasteiger partial charge in [-0.1, -0.05) is 0 Å². The van der Waals surface area contributed by atoms with E-state index in [2.05, 4.69) is 18.9 Å². The third kappa shape index (κ3) is 2.33. The highest BCUT2D eigenvalue weighted by Crippen LogP contribution is 2.03. The van der Waals surface area contributed by atoms with Gasteiger partial charge in [-0.3, -0.25) is 0 Å². The van der Waals surface area contributed by atoms with Crippen LogP contribution in [0.25, 0.3) is 0 Å². The van der Waals surface area contributed by atoms with E-state index >= 15 is 0 Å². The highest BCUT2D eigenvalue weighted by atomic mass is 16.5. The van der Waals surface area contributed by atoms with Crippen molar-refractivity contribution in [3.63, 3.8) is 0 Å². The third-order valence-electron chi connectivity index (χ3n) is 1.79. The average Bonchev–Trinajstić information content (AvgIpc) is 1.97. The molecule has 0 aliphatic carbocycles. The number of hydrogen-bond donors (Lipinski definition) is 0. The molecule has 1 aliphatic heterocycles. The van der Waals surface area contributed by atoms with E-state index < -0.39 is 0 Å². The molecule has 9 heavy (non-hydrogen) atoms. The van der Waals surface area contributed by atoms with Crippen molar-refractivity contribution in [1.82, 2.24) is 4.90 Å². The molecule has 1 atom stereocenters. The molecule has 2 nitrogen and oxygen atoms in total. The lowest BCUT2D eigenvalue weighted by Crippen LogP contribution is -2.20. The van der Waals surface area contributed by atoms with Crippen LogP contribution in [0.5, 0.6) is 0 Å². The Balaban J connectivity index is 2.25. The van der Waals surface area contributed by atoms with Gasteiger partial charge in [-0.05, 0) is 20.4 Å². The summed E-state index contributed by atoms with van der Waals surface area (Å²) >= 11 is 0. The Morgan fingerprint density at radius 3 is 3.00 bits per heavy atom. The van der Waals surface area contributed by atoms with E-state index in [4.69, 9.17) is 4.74 Å². The molecule has 1 rings (SSSR count). The smallest absolute Gasteiger partial charge is 0.0596 e. The summed E-state index contributed by atoms with van der Waals surface area (Å²) in [5, 5.41) is 0. The first kappa shape index (κ1) is 7.03. The topological polar surface area (TPSA) is 12.5 Å². The molecule has 54 valence electrons. The summed E-state index contributed by atoms with van der Waals surface area (Å²) < 4.78 is 5.43. The summed E-state index contributed by atoms with van der Waals surface area (Å²) in [7, 11) is 2.14. The molecule has 1 heterocycles. The van der Waals surface area contributed by atoms with Crippen LogP contribution in [0.1, 0.15) is 13.3 Å². The standard InChI is InChI=1S/C7H15NO/c1-7-3-4-8(2)5-6-9-7/h7H,3-6H2,1-2H3/t7-/m0/s1. The minimum atomic E-state index is 0.468. The molecule has 0 unspecified atom stereocenters. The minimum Gasteiger partial charge on any atom is -0.377 e. The van der Waals surface area contributed by atoms with Crippen LogP contribution in [-0.4, -0.2) is 37.7 Å². The van der Waals surface area contributed by atoms with Crippen molar-refractivity contribution < 1.29 is 4.74 Å². The van der Waals surface area contributed by atoms with Gasteiger partial charge in [0.05, 0.1) is 12.7 Å². The Morgan fingerprint density at radius 2 is 2.22 bits per heavy atom. The Kier molecular flexibility index (Phi) is 2.49. The second kappa shape index (κ2) is 3.18. The van der Waals surface area contributed by atoms with Gasteiger partial charge in [0.25, 0.3) is 0 Å². The second-order valence-corrected chi connectivity index (χ2v) is 2.77. The van der Waals surface area contributed by atoms with Gasteiger partial charge in [0, 0.05) is 13.1 Å². The highest BCUT2D eigenvalue weighted by Gasteiger charge is 2.09. The van der Waals surface area contributed by atoms with Crippen molar-refractivity contribution in [1.29, 1.82) is 0 Å². The van der Waals surface area contributed by atoms with Crippen LogP contribution in [-0.2, 0) is 4.74 Å². The number of nitrogens with zero attached hydrogens (tertiary/aromatic N) is 1. The maximum atomic E-state index is 5.43. The van der Waals surface area contributed by atoms with Crippen molar-refractivity contribution in [2.45, 2.75) is 19.4 Å². The van der Waals surface area contributed by atoms with Gasteiger partial charge in [-0.15, -0.1) is 0 Å². The summed E-state index contributed by atoms with van der Waals surface area (Å²) in [6.45, 7) is 5.31. The molecule has 0 N–H and O–H groups in total. The van der Waals surface area contributed by atoms with Gasteiger partial charge in [0.2, 0.25) is 0 Å². The lowest BCUT2D eigenvalue weighted by molar-refractivity contribution is 0.0759. The molecule has 1 saturated heterocycles. The van der Waals surface area contributed by atoms with E-state index in [0.29, 0.717) is 6.10 Å². The summed E-state index contributed by atoms with van der Waals surface area (Å²) in [6.07, 6.45) is 1.64. The second-order valence-electron chi connectivity index (χ2n) is 2.77. The maximum Gasteiger partial charge on any atom is 0.0596 e. The summed E-state index contributed by atoms with van der Waals surface area (Å²) in [4.78, 5) is 2.31. The zero-order valence-electron chi connectivity index (χ0n) is 6.26. The van der Waals surface area contributed by atoms with Crippen molar-refractivity contribution in [3.8, 4) is 0 Å². The van der Waals surface area contributed by atoms with Crippen molar-refractivity contribution in [2.24, 2.45) is 0 Å². The van der Waals surface area contributed by atoms with Crippen LogP contribution in [0.3, 0.4) is 0 Å². The van der Waals surface area contributed by atoms with Gasteiger partial charge >= 0.3 is 0 Å². The first-order valence-electron chi connectivity index (χ1n) is 3.59. The average molecular weight is 129 g/mol. The number of likely N-dealkylation sites (N-methyl/N-ethyl adjacent to an activating group) is 1. The Morgan fingerprint density at radius 1 is 1.44 bits per heavy atom. The lowest BCUT2D eigenvalue weighted by atomic mass is 10.3. The van der Waals surface area contributed by atoms with Crippen LogP contribution in [0.2, 0.25) is 0 Å². The van der Waals surface area contributed by atoms with Crippen LogP contribution in [0.15, 0.2) is 0 Å². The molecular weight excluding hydrogens is 114 g/mol. The normalized spacial score (nSPS) is 32.0. The molecule has 0 aromatic carbocycles. The largest absolute Gasteiger partial charge is 0.377 e. The van der Waals surface area contributed by atoms with Gasteiger partial charge in [0.1, 0.15) is 0 Å². The summed E-state index contributed by atoms with van der Waals surface area (Å²) in [6, 6.07) is 0. The summed E-state index contributed by atoms with van der Waals surface area (Å²) in [5.41, 5.74) is 0. The quantitative estimate of drug-likeness (QED) is 0.478. The molecule has 0 spiro atoms. The highest BCUT2D eigenvalue weighted by molar-refractivity contribution is 4.60. The van der Waals surface area contributed by atoms with E-state index in [1.165, 1.54) is 13.0 Å². The SMILES string of the molecule is C[C@H]1CCN(C)CCO1. The van der Waals surface area contributed by atoms with Gasteiger partial charge in [-0.25, -0.2) is 0 Å². The van der Waals surface area contributed by atoms with Crippen LogP contribution >= 0.6 is 0 Å². The van der Waals surface area contributed by atoms with Crippen LogP contribution < -0.4 is 0 Å². The van der Waals surface area contributed by atoms with E-state index in [1.54, 1.807) is 0 Å². The molecule has 1 fully saturated rings. The number of rotatable bonds is 0. The van der Waals surface area contributed by atoms with E-state index in [1.807, 2.05) is 0 Å². The predicted octanol–water partition coefficient (Wildman–Crippen LogP) is 0.727. The maximum absolute atomic E-state index is 5.43. The first-order chi connectivity index (χ1) is 4.29. The van der Waals surface area contributed by atoms with Crippen molar-refractivity contribution in [3.05, 3.63) is 0 Å². The molecule has 0 bridgehead atoms. The Bertz CT molecular complexity index is 75.0. The Labute approximate surface area is 56.8 Å². The van der Waals surface area contributed by atoms with E-state index in [-0.39, 0.29) is 0 Å². The molecule has 0 aromatic heterocycles. The molecule has 0 aromatic rings. The molecule has 0 amide bonds. The van der Waals surface area contributed by atoms with Crippen molar-refractivity contribution >= 4 is 0 Å². The fourth-order valence-corrected chi connectivity index (χ4v) is 1.01. The van der Waals surface area contributed by atoms with Gasteiger partial charge in [0.15, 0.2) is 0 Å². The zero-order chi connectivity index (χ0) is 6.69. The lowest BCUT2D eigenvalue weighted by Gasteiger charge is -2.09. The van der Waals surface area contributed by atoms with Crippen molar-refractivity contribution in [2.75, 3.05) is 26.7 Å². The molecule has 0 saturated carbocycles. The van der Waals surface area contributed by atoms with Crippen LogP contribution in [0.4, 0.5) is 0 Å². The zero-order valence-corrected chi connectivity index (χ0v) is 6.26. The molecule has 0 radical (unpaired) electrons. The number of hydrogen-bond acceptors (Lipinski definition) is 2. The van der Waals surface area contributed by atoms with Crippen LogP contribution in [0, 0.1) is 0 Å². The third-order valence-corrected chi connectivity index (χ3v) is 1.79. The fraction of sp³-hybridized carbons (Fsp3) is 1.00. The molecule has 1 aliphatic rings. The Hall–Kier alpha value is -0.0800. The van der Waals surface area contributed by atoms with Gasteiger partial charge < -0.3 is 9.64 Å². The van der Waals surface area contributed by atoms with E-state index in [0.717, 1.165) is 13.2 Å². The first-order valence-corrected chi connectivity index (χ1v) is 3.59.